The number of anilines is 3. The molecule has 1 unspecified atom stereocenters. The molecule has 1 atom stereocenters. The van der Waals surface area contributed by atoms with Crippen molar-refractivity contribution < 1.29 is 4.74 Å². The molecule has 12 rings (SSSR count). The van der Waals surface area contributed by atoms with Gasteiger partial charge in [-0.1, -0.05) is 164 Å². The Morgan fingerprint density at radius 1 is 0.530 bits per heavy atom. The van der Waals surface area contributed by atoms with Crippen molar-refractivity contribution in [2.45, 2.75) is 18.8 Å². The summed E-state index contributed by atoms with van der Waals surface area (Å²) in [5.41, 5.74) is 17.6. The highest BCUT2D eigenvalue weighted by Crippen LogP contribution is 2.62. The molecule has 9 aromatic rings. The largest absolute Gasteiger partial charge is 0.457 e. The van der Waals surface area contributed by atoms with Gasteiger partial charge in [-0.05, 0) is 137 Å². The molecule has 1 aromatic heterocycles. The third-order valence-electron chi connectivity index (χ3n) is 13.6. The number of benzene rings is 8. The fourth-order valence-electron chi connectivity index (χ4n) is 10.7. The molecule has 66 heavy (non-hydrogen) atoms. The SMILES string of the molecule is C=CC1=C(/C=C\C)C2(c3ccccc3O1)c1cc(-c3ccccc3)ccc1N(c1ccc(C3=CC=CC=CC3)cc1)c1ccc(-c3ccc4c(c3)c3ccccc3n4-c3ccccc3)cc12. The van der Waals surface area contributed by atoms with E-state index in [9.17, 15) is 0 Å². The molecule has 3 aliphatic rings. The van der Waals surface area contributed by atoms with Crippen molar-refractivity contribution in [1.29, 1.82) is 0 Å². The van der Waals surface area contributed by atoms with E-state index in [1.54, 1.807) is 0 Å². The second-order valence-electron chi connectivity index (χ2n) is 17.2. The zero-order chi connectivity index (χ0) is 44.2. The van der Waals surface area contributed by atoms with Crippen LogP contribution in [-0.2, 0) is 5.41 Å². The summed E-state index contributed by atoms with van der Waals surface area (Å²) in [6.07, 6.45) is 17.9. The highest BCUT2D eigenvalue weighted by atomic mass is 16.5. The molecule has 0 amide bonds. The average molecular weight is 847 g/mol. The fraction of sp³-hybridized carbons (Fsp3) is 0.0476. The van der Waals surface area contributed by atoms with Gasteiger partial charge in [-0.25, -0.2) is 0 Å². The minimum Gasteiger partial charge on any atom is -0.457 e. The van der Waals surface area contributed by atoms with Crippen LogP contribution in [0.25, 0.3) is 55.3 Å². The maximum absolute atomic E-state index is 6.83. The van der Waals surface area contributed by atoms with Crippen molar-refractivity contribution in [2.24, 2.45) is 0 Å². The number of allylic oxidation sites excluding steroid dienone is 10. The first kappa shape index (κ1) is 39.2. The van der Waals surface area contributed by atoms with Crippen molar-refractivity contribution in [3.8, 4) is 33.7 Å². The molecular weight excluding hydrogens is 801 g/mol. The minimum atomic E-state index is -0.802. The van der Waals surface area contributed by atoms with Crippen molar-refractivity contribution in [2.75, 3.05) is 4.90 Å². The number of para-hydroxylation sites is 3. The summed E-state index contributed by atoms with van der Waals surface area (Å²) in [6, 6.07) is 68.9. The Morgan fingerprint density at radius 2 is 1.17 bits per heavy atom. The van der Waals surface area contributed by atoms with Gasteiger partial charge in [0.2, 0.25) is 0 Å². The van der Waals surface area contributed by atoms with Gasteiger partial charge in [-0.15, -0.1) is 0 Å². The van der Waals surface area contributed by atoms with E-state index in [0.717, 1.165) is 74.1 Å². The fourth-order valence-corrected chi connectivity index (χ4v) is 10.7. The first-order chi connectivity index (χ1) is 32.6. The lowest BCUT2D eigenvalue weighted by Gasteiger charge is -2.49. The molecule has 3 heterocycles. The maximum atomic E-state index is 6.83. The smallest absolute Gasteiger partial charge is 0.132 e. The third kappa shape index (κ3) is 6.12. The number of aromatic nitrogens is 1. The topological polar surface area (TPSA) is 17.4 Å². The molecule has 3 heteroatoms. The van der Waals surface area contributed by atoms with Crippen LogP contribution >= 0.6 is 0 Å². The molecule has 0 N–H and O–H groups in total. The van der Waals surface area contributed by atoms with Gasteiger partial charge in [0.1, 0.15) is 11.5 Å². The predicted octanol–water partition coefficient (Wildman–Crippen LogP) is 16.5. The van der Waals surface area contributed by atoms with Gasteiger partial charge in [-0.2, -0.15) is 0 Å². The minimum absolute atomic E-state index is 0.743. The number of ether oxygens (including phenoxy) is 1. The molecule has 1 aliphatic carbocycles. The zero-order valence-electron chi connectivity index (χ0n) is 36.7. The highest BCUT2D eigenvalue weighted by molar-refractivity contribution is 6.10. The standard InChI is InChI=1S/C63H46N2O/c1-3-19-53-61(4-2)66-62-29-18-16-27-54(62)63(53)55-41-47(44-22-11-7-12-23-44)33-38-59(55)65(50-35-30-45(31-36-50)43-20-9-5-6-10-21-43)60-39-34-48(42-56(60)63)46-32-37-58-52(40-46)51-26-15-17-28-57(51)64(58)49-24-13-8-14-25-49/h3-20,22-42H,2,21H2,1H3/b19-3-. The number of fused-ring (bicyclic) bond motifs is 9. The molecule has 0 bridgehead atoms. The first-order valence-corrected chi connectivity index (χ1v) is 22.8. The third-order valence-corrected chi connectivity index (χ3v) is 13.6. The second-order valence-corrected chi connectivity index (χ2v) is 17.2. The molecular formula is C63H46N2O. The Labute approximate surface area is 386 Å². The van der Waals surface area contributed by atoms with E-state index < -0.39 is 5.41 Å². The van der Waals surface area contributed by atoms with Crippen LogP contribution in [0, 0.1) is 0 Å². The zero-order valence-corrected chi connectivity index (χ0v) is 36.7. The molecule has 1 spiro atoms. The highest BCUT2D eigenvalue weighted by Gasteiger charge is 2.52. The number of rotatable bonds is 7. The van der Waals surface area contributed by atoms with Crippen molar-refractivity contribution in [3.63, 3.8) is 0 Å². The lowest BCUT2D eigenvalue weighted by atomic mass is 9.60. The van der Waals surface area contributed by atoms with Crippen molar-refractivity contribution >= 4 is 44.4 Å². The Bertz CT molecular complexity index is 3550. The molecule has 0 saturated heterocycles. The van der Waals surface area contributed by atoms with Gasteiger partial charge in [0.05, 0.1) is 27.8 Å². The van der Waals surface area contributed by atoms with E-state index in [2.05, 4.69) is 254 Å². The van der Waals surface area contributed by atoms with Gasteiger partial charge in [-0.3, -0.25) is 0 Å². The van der Waals surface area contributed by atoms with Gasteiger partial charge < -0.3 is 14.2 Å². The van der Waals surface area contributed by atoms with Crippen molar-refractivity contribution in [1.82, 2.24) is 4.57 Å². The monoisotopic (exact) mass is 846 g/mol. The summed E-state index contributed by atoms with van der Waals surface area (Å²) in [7, 11) is 0. The molecule has 0 radical (unpaired) electrons. The number of nitrogens with zero attached hydrogens (tertiary/aromatic N) is 2. The summed E-state index contributed by atoms with van der Waals surface area (Å²) in [5, 5.41) is 2.44. The summed E-state index contributed by atoms with van der Waals surface area (Å²) in [6.45, 7) is 6.45. The summed E-state index contributed by atoms with van der Waals surface area (Å²) >= 11 is 0. The van der Waals surface area contributed by atoms with Crippen LogP contribution < -0.4 is 9.64 Å². The Kier molecular flexibility index (Phi) is 9.50. The Balaban J connectivity index is 1.15. The molecule has 3 nitrogen and oxygen atoms in total. The molecule has 314 valence electrons. The van der Waals surface area contributed by atoms with E-state index in [1.807, 2.05) is 6.08 Å². The Morgan fingerprint density at radius 3 is 1.92 bits per heavy atom. The van der Waals surface area contributed by atoms with Crippen LogP contribution in [0.5, 0.6) is 5.75 Å². The molecule has 8 aromatic carbocycles. The van der Waals surface area contributed by atoms with Crippen molar-refractivity contribution in [3.05, 3.63) is 277 Å². The van der Waals surface area contributed by atoms with Crippen LogP contribution in [0.4, 0.5) is 17.1 Å². The lowest BCUT2D eigenvalue weighted by Crippen LogP contribution is -2.41. The summed E-state index contributed by atoms with van der Waals surface area (Å²) < 4.78 is 9.21. The quantitative estimate of drug-likeness (QED) is 0.159. The Hall–Kier alpha value is -8.40. The predicted molar refractivity (Wildman–Crippen MR) is 276 cm³/mol. The van der Waals surface area contributed by atoms with E-state index in [1.165, 1.54) is 44.1 Å². The molecule has 0 fully saturated rings. The first-order valence-electron chi connectivity index (χ1n) is 22.8. The van der Waals surface area contributed by atoms with Gasteiger partial charge >= 0.3 is 0 Å². The van der Waals surface area contributed by atoms with E-state index in [-0.39, 0.29) is 0 Å². The van der Waals surface area contributed by atoms with E-state index in [4.69, 9.17) is 4.74 Å². The van der Waals surface area contributed by atoms with Crippen LogP contribution in [-0.4, -0.2) is 4.57 Å². The van der Waals surface area contributed by atoms with Gasteiger partial charge in [0.25, 0.3) is 0 Å². The number of hydrogen-bond donors (Lipinski definition) is 0. The van der Waals surface area contributed by atoms with E-state index in [0.29, 0.717) is 0 Å². The normalized spacial score (nSPS) is 16.3. The van der Waals surface area contributed by atoms with Gasteiger partial charge in [0, 0.05) is 33.3 Å². The average Bonchev–Trinajstić information content (AvgIpc) is 3.48. The molecule has 0 saturated carbocycles. The molecule has 2 aliphatic heterocycles. The van der Waals surface area contributed by atoms with Crippen LogP contribution in [0.3, 0.4) is 0 Å². The second kappa shape index (κ2) is 16.0. The van der Waals surface area contributed by atoms with Crippen LogP contribution in [0.2, 0.25) is 0 Å². The summed E-state index contributed by atoms with van der Waals surface area (Å²) in [4.78, 5) is 2.47. The van der Waals surface area contributed by atoms with Crippen LogP contribution in [0.15, 0.2) is 255 Å². The van der Waals surface area contributed by atoms with Crippen LogP contribution in [0.1, 0.15) is 35.6 Å². The van der Waals surface area contributed by atoms with E-state index >= 15 is 0 Å². The van der Waals surface area contributed by atoms with Gasteiger partial charge in [0.15, 0.2) is 0 Å². The lowest BCUT2D eigenvalue weighted by molar-refractivity contribution is 0.401. The maximum Gasteiger partial charge on any atom is 0.132 e. The number of hydrogen-bond acceptors (Lipinski definition) is 2. The summed E-state index contributed by atoms with van der Waals surface area (Å²) in [5.74, 6) is 1.56.